The van der Waals surface area contributed by atoms with E-state index in [0.29, 0.717) is 9.79 Å². The molecule has 0 N–H and O–H groups in total. The zero-order valence-electron chi connectivity index (χ0n) is 27.3. The molecule has 2 aliphatic rings. The molecule has 2 aliphatic carbocycles. The Morgan fingerprint density at radius 1 is 0.587 bits per heavy atom. The van der Waals surface area contributed by atoms with Crippen LogP contribution >= 0.6 is 0 Å². The Bertz CT molecular complexity index is 2110. The van der Waals surface area contributed by atoms with Crippen LogP contribution in [0.15, 0.2) is 99.8 Å². The molecule has 4 aromatic rings. The zero-order valence-corrected chi connectivity index (χ0v) is 28.9. The van der Waals surface area contributed by atoms with Crippen LogP contribution < -0.4 is 0 Å². The summed E-state index contributed by atoms with van der Waals surface area (Å²) >= 11 is 0. The summed E-state index contributed by atoms with van der Waals surface area (Å²) in [7, 11) is -6.27. The quantitative estimate of drug-likeness (QED) is 0.204. The van der Waals surface area contributed by atoms with E-state index in [-0.39, 0.29) is 0 Å². The highest BCUT2D eigenvalue weighted by Gasteiger charge is 2.20. The van der Waals surface area contributed by atoms with Gasteiger partial charge in [-0.25, -0.2) is 16.8 Å². The Hall–Kier alpha value is -4.14. The minimum Gasteiger partial charge on any atom is -0.253 e. The van der Waals surface area contributed by atoms with E-state index in [0.717, 1.165) is 65.2 Å². The molecule has 0 atom stereocenters. The average molecular weight is 653 g/mol. The fourth-order valence-corrected chi connectivity index (χ4v) is 7.12. The maximum absolute atomic E-state index is 11.5. The van der Waals surface area contributed by atoms with Crippen LogP contribution in [0.5, 0.6) is 0 Å². The molecule has 0 amide bonds. The molecular weight excluding hydrogens is 613 g/mol. The van der Waals surface area contributed by atoms with Crippen LogP contribution in [0.1, 0.15) is 65.3 Å². The highest BCUT2D eigenvalue weighted by molar-refractivity contribution is 7.91. The largest absolute Gasteiger partial charge is 0.253 e. The molecule has 0 saturated carbocycles. The molecule has 2 aromatic heterocycles. The lowest BCUT2D eigenvalue weighted by Gasteiger charge is -2.08. The number of sulfone groups is 2. The van der Waals surface area contributed by atoms with Gasteiger partial charge in [0.2, 0.25) is 0 Å². The van der Waals surface area contributed by atoms with Gasteiger partial charge in [0.15, 0.2) is 19.7 Å². The monoisotopic (exact) mass is 652 g/mol. The maximum Gasteiger partial charge on any atom is 0.175 e. The Labute approximate surface area is 273 Å². The van der Waals surface area contributed by atoms with E-state index in [2.05, 4.69) is 43.1 Å². The summed E-state index contributed by atoms with van der Waals surface area (Å²) in [5, 5.41) is 0. The number of rotatable bonds is 7. The second-order valence-electron chi connectivity index (χ2n) is 12.3. The van der Waals surface area contributed by atoms with Crippen molar-refractivity contribution in [3.05, 3.63) is 135 Å². The van der Waals surface area contributed by atoms with Crippen LogP contribution in [-0.4, -0.2) is 39.3 Å². The molecule has 6 rings (SSSR count). The predicted molar refractivity (Wildman–Crippen MR) is 187 cm³/mol. The van der Waals surface area contributed by atoms with Gasteiger partial charge in [-0.05, 0) is 123 Å². The van der Waals surface area contributed by atoms with Gasteiger partial charge in [-0.15, -0.1) is 0 Å². The number of hydrogen-bond donors (Lipinski definition) is 0. The lowest BCUT2D eigenvalue weighted by atomic mass is 10.0. The van der Waals surface area contributed by atoms with Crippen molar-refractivity contribution in [2.45, 2.75) is 63.2 Å². The molecule has 0 fully saturated rings. The summed E-state index contributed by atoms with van der Waals surface area (Å²) in [4.78, 5) is 10.1. The average Bonchev–Trinajstić information content (AvgIpc) is 3.48. The number of pyridine rings is 2. The molecule has 2 heterocycles. The lowest BCUT2D eigenvalue weighted by molar-refractivity contribution is 0.600. The van der Waals surface area contributed by atoms with Crippen molar-refractivity contribution in [3.8, 4) is 0 Å². The van der Waals surface area contributed by atoms with Gasteiger partial charge in [-0.2, -0.15) is 0 Å². The summed E-state index contributed by atoms with van der Waals surface area (Å²) in [5.74, 6) is 0. The lowest BCUT2D eigenvalue weighted by Crippen LogP contribution is -1.98. The highest BCUT2D eigenvalue weighted by Crippen LogP contribution is 2.35. The maximum atomic E-state index is 11.5. The van der Waals surface area contributed by atoms with Crippen LogP contribution in [-0.2, 0) is 38.9 Å². The number of allylic oxidation sites excluding steroid dienone is 5. The summed E-state index contributed by atoms with van der Waals surface area (Å²) in [6.45, 7) is 8.33. The van der Waals surface area contributed by atoms with Crippen LogP contribution in [0.2, 0.25) is 0 Å². The molecule has 0 aliphatic heterocycles. The van der Waals surface area contributed by atoms with E-state index >= 15 is 0 Å². The standard InChI is InChI=1S/C19H21NO2S.C19H19NO2S/c2*1-13-12-16-8-4-14(2)20-19(16)18(13)11-7-15-5-9-17(10-6-15)23(3,21)22/h4-6,8-10H,7,11-12H2,1-3H3;4-11H,12H2,1-3H3/b;11-7+. The van der Waals surface area contributed by atoms with Crippen LogP contribution in [0, 0.1) is 13.8 Å². The molecule has 0 radical (unpaired) electrons. The molecule has 0 unspecified atom stereocenters. The Morgan fingerprint density at radius 2 is 1.09 bits per heavy atom. The van der Waals surface area contributed by atoms with Crippen molar-refractivity contribution < 1.29 is 16.8 Å². The fraction of sp³-hybridized carbons (Fsp3) is 0.263. The third-order valence-corrected chi connectivity index (χ3v) is 10.7. The summed E-state index contributed by atoms with van der Waals surface area (Å²) in [6.07, 6.45) is 10.3. The van der Waals surface area contributed by atoms with E-state index in [1.165, 1.54) is 40.4 Å². The topological polar surface area (TPSA) is 94.1 Å². The Kier molecular flexibility index (Phi) is 9.61. The van der Waals surface area contributed by atoms with E-state index in [9.17, 15) is 16.8 Å². The molecule has 2 aromatic carbocycles. The number of hydrogen-bond acceptors (Lipinski definition) is 6. The zero-order chi connectivity index (χ0) is 33.2. The van der Waals surface area contributed by atoms with Crippen molar-refractivity contribution in [1.29, 1.82) is 0 Å². The van der Waals surface area contributed by atoms with Crippen LogP contribution in [0.3, 0.4) is 0 Å². The van der Waals surface area contributed by atoms with Gasteiger partial charge in [-0.3, -0.25) is 9.97 Å². The van der Waals surface area contributed by atoms with Gasteiger partial charge >= 0.3 is 0 Å². The molecule has 0 spiro atoms. The van der Waals surface area contributed by atoms with Gasteiger partial charge < -0.3 is 0 Å². The van der Waals surface area contributed by atoms with Crippen LogP contribution in [0.4, 0.5) is 0 Å². The first kappa shape index (κ1) is 33.2. The summed E-state index contributed by atoms with van der Waals surface area (Å²) in [5.41, 5.74) is 14.2. The van der Waals surface area contributed by atoms with Gasteiger partial charge in [0, 0.05) is 23.9 Å². The third kappa shape index (κ3) is 7.80. The minimum absolute atomic E-state index is 0.341. The van der Waals surface area contributed by atoms with E-state index in [1.807, 2.05) is 50.3 Å². The third-order valence-electron chi connectivity index (χ3n) is 8.43. The van der Waals surface area contributed by atoms with E-state index in [4.69, 9.17) is 4.98 Å². The SMILES string of the molecule is CC1=C(/C=C/c2ccc(S(C)(=O)=O)cc2)c2nc(C)ccc2C1.CC1=C(CCc2ccc(S(C)(=O)=O)cc2)c2nc(C)ccc2C1. The predicted octanol–water partition coefficient (Wildman–Crippen LogP) is 7.59. The Balaban J connectivity index is 0.000000181. The van der Waals surface area contributed by atoms with Crippen molar-refractivity contribution >= 4 is 36.9 Å². The van der Waals surface area contributed by atoms with Crippen LogP contribution in [0.25, 0.3) is 17.2 Å². The molecule has 238 valence electrons. The number of aryl methyl sites for hydroxylation is 3. The van der Waals surface area contributed by atoms with Crippen molar-refractivity contribution in [3.63, 3.8) is 0 Å². The molecule has 0 saturated heterocycles. The molecule has 8 heteroatoms. The number of benzene rings is 2. The minimum atomic E-state index is -3.15. The van der Waals surface area contributed by atoms with Gasteiger partial charge in [0.25, 0.3) is 0 Å². The molecular formula is C38H40N2O4S2. The van der Waals surface area contributed by atoms with Crippen molar-refractivity contribution in [2.24, 2.45) is 0 Å². The molecule has 46 heavy (non-hydrogen) atoms. The van der Waals surface area contributed by atoms with Crippen molar-refractivity contribution in [1.82, 2.24) is 9.97 Å². The summed E-state index contributed by atoms with van der Waals surface area (Å²) in [6, 6.07) is 22.6. The van der Waals surface area contributed by atoms with Gasteiger partial charge in [0.1, 0.15) is 0 Å². The normalized spacial score (nSPS) is 14.4. The number of aromatic nitrogens is 2. The second kappa shape index (κ2) is 13.3. The fourth-order valence-electron chi connectivity index (χ4n) is 5.86. The summed E-state index contributed by atoms with van der Waals surface area (Å²) < 4.78 is 46.0. The first-order valence-electron chi connectivity index (χ1n) is 15.3. The van der Waals surface area contributed by atoms with Gasteiger partial charge in [-0.1, -0.05) is 59.7 Å². The molecule has 0 bridgehead atoms. The van der Waals surface area contributed by atoms with Gasteiger partial charge in [0.05, 0.1) is 21.2 Å². The molecule has 6 nitrogen and oxygen atoms in total. The number of nitrogens with zero attached hydrogens (tertiary/aromatic N) is 2. The Morgan fingerprint density at radius 3 is 1.65 bits per heavy atom. The number of fused-ring (bicyclic) bond motifs is 2. The second-order valence-corrected chi connectivity index (χ2v) is 16.3. The first-order chi connectivity index (χ1) is 21.7. The van der Waals surface area contributed by atoms with Crippen molar-refractivity contribution in [2.75, 3.05) is 12.5 Å². The smallest absolute Gasteiger partial charge is 0.175 e. The van der Waals surface area contributed by atoms with E-state index in [1.54, 1.807) is 24.3 Å². The highest BCUT2D eigenvalue weighted by atomic mass is 32.2. The first-order valence-corrected chi connectivity index (χ1v) is 19.1. The van der Waals surface area contributed by atoms with E-state index < -0.39 is 19.7 Å².